The Labute approximate surface area is 182 Å². The van der Waals surface area contributed by atoms with Gasteiger partial charge in [0.2, 0.25) is 5.91 Å². The van der Waals surface area contributed by atoms with E-state index in [0.29, 0.717) is 41.1 Å². The molecular weight excluding hydrogens is 411 g/mol. The number of hydrogen-bond donors (Lipinski definition) is 1. The maximum Gasteiger partial charge on any atom is 0.239 e. The molecule has 0 atom stereocenters. The predicted octanol–water partition coefficient (Wildman–Crippen LogP) is 4.39. The summed E-state index contributed by atoms with van der Waals surface area (Å²) >= 11 is 12.3. The number of likely N-dealkylation sites (N-methyl/N-ethyl adjacent to an activating group) is 1. The van der Waals surface area contributed by atoms with Crippen molar-refractivity contribution in [1.82, 2.24) is 9.47 Å². The van der Waals surface area contributed by atoms with E-state index in [0.717, 1.165) is 23.2 Å². The largest absolute Gasteiger partial charge is 0.385 e. The highest BCUT2D eigenvalue weighted by Crippen LogP contribution is 2.28. The summed E-state index contributed by atoms with van der Waals surface area (Å²) in [5.74, 6) is 0.338. The van der Waals surface area contributed by atoms with Crippen molar-refractivity contribution in [3.63, 3.8) is 0 Å². The first-order chi connectivity index (χ1) is 13.8. The number of nitrogens with one attached hydrogen (secondary N) is 1. The molecule has 1 N–H and O–H groups in total. The number of hydrogen-bond acceptors (Lipinski definition) is 4. The van der Waals surface area contributed by atoms with E-state index in [-0.39, 0.29) is 12.5 Å². The summed E-state index contributed by atoms with van der Waals surface area (Å²) in [6.45, 7) is 5.73. The van der Waals surface area contributed by atoms with E-state index in [1.807, 2.05) is 42.5 Å². The smallest absolute Gasteiger partial charge is 0.239 e. The predicted molar refractivity (Wildman–Crippen MR) is 117 cm³/mol. The van der Waals surface area contributed by atoms with E-state index in [2.05, 4.69) is 11.4 Å². The van der Waals surface area contributed by atoms with Crippen LogP contribution in [0.3, 0.4) is 0 Å². The Morgan fingerprint density at radius 1 is 1.34 bits per heavy atom. The van der Waals surface area contributed by atoms with Crippen molar-refractivity contribution >= 4 is 34.9 Å². The number of rotatable bonds is 9. The average molecular weight is 437 g/mol. The van der Waals surface area contributed by atoms with Gasteiger partial charge in [-0.15, -0.1) is 0 Å². The first-order valence-electron chi connectivity index (χ1n) is 9.30. The molecule has 1 aromatic carbocycles. The Balaban J connectivity index is 2.12. The van der Waals surface area contributed by atoms with Crippen molar-refractivity contribution < 1.29 is 9.53 Å². The minimum atomic E-state index is -0.201. The standard InChI is InChI=1S/C21H26Cl2N4O2/c1-14-15(2)27(9-6-10-29-4)21(17(14)11-24)25-19(28)13-26(3)12-16-7-5-8-18(22)20(16)23/h5,7-8H,6,9-10,12-13H2,1-4H3,(H,25,28). The van der Waals surface area contributed by atoms with Crippen LogP contribution in [0, 0.1) is 25.2 Å². The summed E-state index contributed by atoms with van der Waals surface area (Å²) in [4.78, 5) is 14.5. The highest BCUT2D eigenvalue weighted by Gasteiger charge is 2.20. The number of benzene rings is 1. The van der Waals surface area contributed by atoms with Crippen LogP contribution < -0.4 is 5.32 Å². The van der Waals surface area contributed by atoms with E-state index in [9.17, 15) is 10.1 Å². The zero-order chi connectivity index (χ0) is 21.6. The molecule has 1 heterocycles. The Kier molecular flexibility index (Phi) is 8.54. The Bertz CT molecular complexity index is 918. The van der Waals surface area contributed by atoms with Crippen LogP contribution >= 0.6 is 23.2 Å². The fraction of sp³-hybridized carbons (Fsp3) is 0.429. The third-order valence-electron chi connectivity index (χ3n) is 4.81. The van der Waals surface area contributed by atoms with Crippen LogP contribution in [0.1, 0.15) is 28.8 Å². The molecule has 0 radical (unpaired) electrons. The molecule has 0 spiro atoms. The van der Waals surface area contributed by atoms with Gasteiger partial charge in [0, 0.05) is 32.5 Å². The molecule has 0 fully saturated rings. The Hall–Kier alpha value is -2.04. The van der Waals surface area contributed by atoms with E-state index in [1.54, 1.807) is 13.2 Å². The summed E-state index contributed by atoms with van der Waals surface area (Å²) < 4.78 is 7.09. The molecule has 0 saturated heterocycles. The third kappa shape index (κ3) is 5.74. The maximum atomic E-state index is 12.7. The SMILES string of the molecule is COCCCn1c(C)c(C)c(C#N)c1NC(=O)CN(C)Cc1cccc(Cl)c1Cl. The van der Waals surface area contributed by atoms with Gasteiger partial charge in [-0.2, -0.15) is 5.26 Å². The van der Waals surface area contributed by atoms with E-state index >= 15 is 0 Å². The van der Waals surface area contributed by atoms with Gasteiger partial charge >= 0.3 is 0 Å². The van der Waals surface area contributed by atoms with Crippen LogP contribution in [0.5, 0.6) is 0 Å². The number of amides is 1. The fourth-order valence-corrected chi connectivity index (χ4v) is 3.59. The lowest BCUT2D eigenvalue weighted by molar-refractivity contribution is -0.117. The summed E-state index contributed by atoms with van der Waals surface area (Å²) in [6, 6.07) is 7.65. The Morgan fingerprint density at radius 2 is 2.07 bits per heavy atom. The molecule has 0 saturated carbocycles. The van der Waals surface area contributed by atoms with Gasteiger partial charge in [-0.05, 0) is 44.5 Å². The van der Waals surface area contributed by atoms with Gasteiger partial charge in [0.1, 0.15) is 11.9 Å². The fourth-order valence-electron chi connectivity index (χ4n) is 3.21. The van der Waals surface area contributed by atoms with Gasteiger partial charge in [-0.1, -0.05) is 35.3 Å². The normalized spacial score (nSPS) is 11.0. The van der Waals surface area contributed by atoms with Gasteiger partial charge in [0.15, 0.2) is 0 Å². The molecule has 156 valence electrons. The molecule has 2 rings (SSSR count). The lowest BCUT2D eigenvalue weighted by Crippen LogP contribution is -2.31. The first kappa shape index (κ1) is 23.2. The van der Waals surface area contributed by atoms with Crippen molar-refractivity contribution in [3.05, 3.63) is 50.6 Å². The molecule has 1 amide bonds. The molecule has 0 aliphatic rings. The quantitative estimate of drug-likeness (QED) is 0.591. The minimum absolute atomic E-state index is 0.148. The summed E-state index contributed by atoms with van der Waals surface area (Å²) in [5.41, 5.74) is 3.18. The number of aromatic nitrogens is 1. The van der Waals surface area contributed by atoms with Crippen LogP contribution in [0.15, 0.2) is 18.2 Å². The van der Waals surface area contributed by atoms with Gasteiger partial charge < -0.3 is 14.6 Å². The zero-order valence-corrected chi connectivity index (χ0v) is 18.7. The monoisotopic (exact) mass is 436 g/mol. The average Bonchev–Trinajstić information content (AvgIpc) is 2.89. The summed E-state index contributed by atoms with van der Waals surface area (Å²) in [5, 5.41) is 13.5. The number of methoxy groups -OCH3 is 1. The van der Waals surface area contributed by atoms with Crippen molar-refractivity contribution in [2.45, 2.75) is 33.4 Å². The second kappa shape index (κ2) is 10.7. The highest BCUT2D eigenvalue weighted by atomic mass is 35.5. The van der Waals surface area contributed by atoms with Crippen LogP contribution in [0.2, 0.25) is 10.0 Å². The summed E-state index contributed by atoms with van der Waals surface area (Å²) in [6.07, 6.45) is 0.784. The topological polar surface area (TPSA) is 70.3 Å². The molecule has 8 heteroatoms. The number of carbonyl (C=O) groups is 1. The molecule has 0 unspecified atom stereocenters. The van der Waals surface area contributed by atoms with E-state index in [4.69, 9.17) is 27.9 Å². The van der Waals surface area contributed by atoms with Crippen LogP contribution in [0.4, 0.5) is 5.82 Å². The molecule has 29 heavy (non-hydrogen) atoms. The number of halogens is 2. The van der Waals surface area contributed by atoms with Crippen molar-refractivity contribution in [1.29, 1.82) is 5.26 Å². The molecule has 0 aliphatic heterocycles. The van der Waals surface area contributed by atoms with Crippen molar-refractivity contribution in [2.75, 3.05) is 32.6 Å². The number of carbonyl (C=O) groups excluding carboxylic acids is 1. The summed E-state index contributed by atoms with van der Waals surface area (Å²) in [7, 11) is 3.48. The molecule has 2 aromatic rings. The van der Waals surface area contributed by atoms with Gasteiger partial charge in [-0.3, -0.25) is 9.69 Å². The molecule has 6 nitrogen and oxygen atoms in total. The number of anilines is 1. The van der Waals surface area contributed by atoms with E-state index < -0.39 is 0 Å². The molecule has 1 aromatic heterocycles. The zero-order valence-electron chi connectivity index (χ0n) is 17.2. The van der Waals surface area contributed by atoms with Crippen molar-refractivity contribution in [3.8, 4) is 6.07 Å². The van der Waals surface area contributed by atoms with Crippen LogP contribution in [0.25, 0.3) is 0 Å². The highest BCUT2D eigenvalue weighted by molar-refractivity contribution is 6.42. The third-order valence-corrected chi connectivity index (χ3v) is 5.67. The van der Waals surface area contributed by atoms with Gasteiger partial charge in [0.25, 0.3) is 0 Å². The maximum absolute atomic E-state index is 12.7. The molecule has 0 aliphatic carbocycles. The number of nitriles is 1. The van der Waals surface area contributed by atoms with Crippen LogP contribution in [-0.4, -0.2) is 42.7 Å². The van der Waals surface area contributed by atoms with Crippen molar-refractivity contribution in [2.24, 2.45) is 0 Å². The lowest BCUT2D eigenvalue weighted by Gasteiger charge is -2.18. The molecule has 0 bridgehead atoms. The second-order valence-electron chi connectivity index (χ2n) is 6.98. The lowest BCUT2D eigenvalue weighted by atomic mass is 10.2. The minimum Gasteiger partial charge on any atom is -0.385 e. The van der Waals surface area contributed by atoms with E-state index in [1.165, 1.54) is 0 Å². The second-order valence-corrected chi connectivity index (χ2v) is 7.76. The van der Waals surface area contributed by atoms with Gasteiger partial charge in [0.05, 0.1) is 22.2 Å². The number of nitrogens with zero attached hydrogens (tertiary/aromatic N) is 3. The Morgan fingerprint density at radius 3 is 2.72 bits per heavy atom. The molecular formula is C21H26Cl2N4O2. The van der Waals surface area contributed by atoms with Crippen LogP contribution in [-0.2, 0) is 22.6 Å². The van der Waals surface area contributed by atoms with Gasteiger partial charge in [-0.25, -0.2) is 0 Å². The number of ether oxygens (including phenoxy) is 1. The first-order valence-corrected chi connectivity index (χ1v) is 10.1.